The summed E-state index contributed by atoms with van der Waals surface area (Å²) in [5.41, 5.74) is 1.92. The highest BCUT2D eigenvalue weighted by Gasteiger charge is 2.32. The number of carbonyl (C=O) groups excluding carboxylic acids is 2. The van der Waals surface area contributed by atoms with Crippen LogP contribution in [0.1, 0.15) is 31.7 Å². The van der Waals surface area contributed by atoms with Gasteiger partial charge in [-0.25, -0.2) is 4.79 Å². The molecule has 0 spiro atoms. The van der Waals surface area contributed by atoms with Gasteiger partial charge in [0.15, 0.2) is 0 Å². The Kier molecular flexibility index (Phi) is 7.11. The third-order valence-corrected chi connectivity index (χ3v) is 5.12. The highest BCUT2D eigenvalue weighted by Crippen LogP contribution is 2.24. The number of ether oxygens (including phenoxy) is 1. The van der Waals surface area contributed by atoms with E-state index in [2.05, 4.69) is 12.2 Å². The molecule has 1 N–H and O–H groups in total. The second-order valence-corrected chi connectivity index (χ2v) is 7.31. The van der Waals surface area contributed by atoms with E-state index in [0.29, 0.717) is 26.1 Å². The van der Waals surface area contributed by atoms with E-state index in [4.69, 9.17) is 4.74 Å². The van der Waals surface area contributed by atoms with Crippen molar-refractivity contribution < 1.29 is 14.3 Å². The van der Waals surface area contributed by atoms with E-state index in [0.717, 1.165) is 29.8 Å². The summed E-state index contributed by atoms with van der Waals surface area (Å²) < 4.78 is 5.17. The number of hydrogen-bond acceptors (Lipinski definition) is 3. The Morgan fingerprint density at radius 2 is 1.90 bits per heavy atom. The lowest BCUT2D eigenvalue weighted by atomic mass is 10.2. The molecule has 3 amide bonds. The zero-order valence-corrected chi connectivity index (χ0v) is 17.1. The summed E-state index contributed by atoms with van der Waals surface area (Å²) in [7, 11) is 1.61. The van der Waals surface area contributed by atoms with Gasteiger partial charge >= 0.3 is 6.03 Å². The van der Waals surface area contributed by atoms with Crippen molar-refractivity contribution in [2.24, 2.45) is 0 Å². The van der Waals surface area contributed by atoms with Gasteiger partial charge in [0.05, 0.1) is 13.2 Å². The third-order valence-electron chi connectivity index (χ3n) is 5.12. The Hall–Kier alpha value is -3.02. The summed E-state index contributed by atoms with van der Waals surface area (Å²) in [6.07, 6.45) is 2.28. The van der Waals surface area contributed by atoms with E-state index >= 15 is 0 Å². The number of methoxy groups -OCH3 is 1. The number of amides is 3. The fraction of sp³-hybridized carbons (Fsp3) is 0.391. The van der Waals surface area contributed by atoms with Crippen molar-refractivity contribution in [3.63, 3.8) is 0 Å². The molecule has 154 valence electrons. The van der Waals surface area contributed by atoms with Gasteiger partial charge in [0.1, 0.15) is 5.75 Å². The van der Waals surface area contributed by atoms with Crippen molar-refractivity contribution in [1.29, 1.82) is 0 Å². The van der Waals surface area contributed by atoms with Gasteiger partial charge < -0.3 is 19.9 Å². The van der Waals surface area contributed by atoms with Crippen molar-refractivity contribution in [3.8, 4) is 5.75 Å². The zero-order valence-electron chi connectivity index (χ0n) is 17.1. The SMILES string of the molecule is CCCCN(Cc1ccccc1)C(=O)N[C@H]1CC(=O)N(c2ccc(OC)cc2)C1. The first-order valence-electron chi connectivity index (χ1n) is 10.1. The number of hydrogen-bond donors (Lipinski definition) is 1. The maximum absolute atomic E-state index is 12.9. The molecule has 0 radical (unpaired) electrons. The van der Waals surface area contributed by atoms with Crippen LogP contribution in [0, 0.1) is 0 Å². The molecule has 1 aliphatic heterocycles. The van der Waals surface area contributed by atoms with Crippen molar-refractivity contribution in [3.05, 3.63) is 60.2 Å². The fourth-order valence-electron chi connectivity index (χ4n) is 3.49. The van der Waals surface area contributed by atoms with E-state index in [9.17, 15) is 9.59 Å². The highest BCUT2D eigenvalue weighted by atomic mass is 16.5. The second-order valence-electron chi connectivity index (χ2n) is 7.31. The van der Waals surface area contributed by atoms with Crippen LogP contribution in [0.5, 0.6) is 5.75 Å². The molecule has 1 fully saturated rings. The Balaban J connectivity index is 1.62. The van der Waals surface area contributed by atoms with Crippen LogP contribution >= 0.6 is 0 Å². The number of nitrogens with one attached hydrogen (secondary N) is 1. The molecule has 2 aromatic carbocycles. The highest BCUT2D eigenvalue weighted by molar-refractivity contribution is 5.96. The molecule has 3 rings (SSSR count). The first-order valence-corrected chi connectivity index (χ1v) is 10.1. The number of urea groups is 1. The zero-order chi connectivity index (χ0) is 20.6. The van der Waals surface area contributed by atoms with Gasteiger partial charge in [-0.1, -0.05) is 43.7 Å². The quantitative estimate of drug-likeness (QED) is 0.739. The summed E-state index contributed by atoms with van der Waals surface area (Å²) >= 11 is 0. The minimum atomic E-state index is -0.197. The third kappa shape index (κ3) is 5.50. The summed E-state index contributed by atoms with van der Waals surface area (Å²) in [4.78, 5) is 28.9. The molecule has 6 nitrogen and oxygen atoms in total. The van der Waals surface area contributed by atoms with Crippen LogP contribution in [-0.2, 0) is 11.3 Å². The number of nitrogens with zero attached hydrogens (tertiary/aromatic N) is 2. The van der Waals surface area contributed by atoms with Gasteiger partial charge in [0.25, 0.3) is 0 Å². The van der Waals surface area contributed by atoms with Gasteiger partial charge in [-0.05, 0) is 36.2 Å². The van der Waals surface area contributed by atoms with E-state index in [1.807, 2.05) is 59.5 Å². The van der Waals surface area contributed by atoms with Crippen LogP contribution in [0.3, 0.4) is 0 Å². The smallest absolute Gasteiger partial charge is 0.317 e. The molecule has 29 heavy (non-hydrogen) atoms. The molecule has 1 heterocycles. The maximum Gasteiger partial charge on any atom is 0.317 e. The largest absolute Gasteiger partial charge is 0.497 e. The summed E-state index contributed by atoms with van der Waals surface area (Å²) in [6, 6.07) is 17.1. The molecule has 0 aromatic heterocycles. The fourth-order valence-corrected chi connectivity index (χ4v) is 3.49. The normalized spacial score (nSPS) is 16.0. The minimum Gasteiger partial charge on any atom is -0.497 e. The Labute approximate surface area is 172 Å². The van der Waals surface area contributed by atoms with Gasteiger partial charge in [-0.3, -0.25) is 4.79 Å². The Morgan fingerprint density at radius 1 is 1.17 bits per heavy atom. The molecule has 0 aliphatic carbocycles. The minimum absolute atomic E-state index is 0.0173. The lowest BCUT2D eigenvalue weighted by molar-refractivity contribution is -0.117. The van der Waals surface area contributed by atoms with Crippen molar-refractivity contribution >= 4 is 17.6 Å². The Morgan fingerprint density at radius 3 is 2.55 bits per heavy atom. The molecule has 0 saturated carbocycles. The number of unbranched alkanes of at least 4 members (excludes halogenated alkanes) is 1. The Bertz CT molecular complexity index is 808. The van der Waals surface area contributed by atoms with Crippen LogP contribution in [0.25, 0.3) is 0 Å². The van der Waals surface area contributed by atoms with Crippen LogP contribution in [0.4, 0.5) is 10.5 Å². The van der Waals surface area contributed by atoms with Crippen LogP contribution in [0.15, 0.2) is 54.6 Å². The lowest BCUT2D eigenvalue weighted by Crippen LogP contribution is -2.45. The molecule has 2 aromatic rings. The summed E-state index contributed by atoms with van der Waals surface area (Å²) in [5, 5.41) is 3.06. The summed E-state index contributed by atoms with van der Waals surface area (Å²) in [5.74, 6) is 0.765. The monoisotopic (exact) mass is 395 g/mol. The van der Waals surface area contributed by atoms with Crippen molar-refractivity contribution in [1.82, 2.24) is 10.2 Å². The first-order chi connectivity index (χ1) is 14.1. The lowest BCUT2D eigenvalue weighted by Gasteiger charge is -2.25. The van der Waals surface area contributed by atoms with Gasteiger partial charge in [0.2, 0.25) is 5.91 Å². The van der Waals surface area contributed by atoms with Crippen molar-refractivity contribution in [2.75, 3.05) is 25.1 Å². The predicted octanol–water partition coefficient (Wildman–Crippen LogP) is 3.81. The number of benzene rings is 2. The second kappa shape index (κ2) is 9.96. The maximum atomic E-state index is 12.9. The number of anilines is 1. The molecular formula is C23H29N3O3. The van der Waals surface area contributed by atoms with Gasteiger partial charge in [-0.15, -0.1) is 0 Å². The van der Waals surface area contributed by atoms with Gasteiger partial charge in [-0.2, -0.15) is 0 Å². The van der Waals surface area contributed by atoms with Crippen LogP contribution in [0.2, 0.25) is 0 Å². The standard InChI is InChI=1S/C23H29N3O3/c1-3-4-14-25(16-18-8-6-5-7-9-18)23(28)24-19-15-22(27)26(17-19)20-10-12-21(29-2)13-11-20/h5-13,19H,3-4,14-17H2,1-2H3,(H,24,28)/t19-/m0/s1. The first kappa shape index (κ1) is 20.7. The molecule has 1 saturated heterocycles. The summed E-state index contributed by atoms with van der Waals surface area (Å²) in [6.45, 7) is 3.85. The van der Waals surface area contributed by atoms with E-state index in [1.165, 1.54) is 0 Å². The topological polar surface area (TPSA) is 61.9 Å². The molecular weight excluding hydrogens is 366 g/mol. The molecule has 1 atom stereocenters. The molecule has 1 aliphatic rings. The van der Waals surface area contributed by atoms with E-state index < -0.39 is 0 Å². The average Bonchev–Trinajstić information content (AvgIpc) is 3.11. The predicted molar refractivity (Wildman–Crippen MR) is 114 cm³/mol. The molecule has 0 bridgehead atoms. The molecule has 0 unspecified atom stereocenters. The van der Waals surface area contributed by atoms with E-state index in [-0.39, 0.29) is 18.0 Å². The average molecular weight is 396 g/mol. The van der Waals surface area contributed by atoms with Gasteiger partial charge in [0, 0.05) is 31.7 Å². The molecule has 6 heteroatoms. The number of carbonyl (C=O) groups is 2. The van der Waals surface area contributed by atoms with Crippen LogP contribution < -0.4 is 15.0 Å². The number of rotatable bonds is 8. The van der Waals surface area contributed by atoms with E-state index in [1.54, 1.807) is 12.0 Å². The van der Waals surface area contributed by atoms with Crippen molar-refractivity contribution in [2.45, 2.75) is 38.8 Å². The van der Waals surface area contributed by atoms with Crippen LogP contribution in [-0.4, -0.2) is 43.1 Å².